The fourth-order valence-electron chi connectivity index (χ4n) is 7.37. The lowest BCUT2D eigenvalue weighted by Crippen LogP contribution is -2.59. The SMILES string of the molecule is COC(=O)[C@H](Cc1ccc(OC(=O)NC(COCC2C=CC=C2)(COCC2C=CC=C2)COCC2C=CC=C2)cc1)N(CCNC(=O)OCc1ccccc1)C(=O)Cn1cc(C)c(=O)[nH]c1=O. The van der Waals surface area contributed by atoms with Crippen LogP contribution in [0.4, 0.5) is 9.59 Å². The monoisotopic (exact) mass is 919 g/mol. The molecule has 1 heterocycles. The third-order valence-electron chi connectivity index (χ3n) is 11.0. The normalized spacial score (nSPS) is 14.7. The van der Waals surface area contributed by atoms with Gasteiger partial charge in [0.1, 0.15) is 30.5 Å². The Morgan fingerprint density at radius 2 is 1.30 bits per heavy atom. The molecular weight excluding hydrogens is 863 g/mol. The molecule has 0 radical (unpaired) electrons. The molecule has 0 spiro atoms. The number of allylic oxidation sites excluding steroid dienone is 6. The van der Waals surface area contributed by atoms with E-state index < -0.39 is 53.4 Å². The fraction of sp³-hybridized carbons (Fsp3) is 0.360. The van der Waals surface area contributed by atoms with Gasteiger partial charge in [-0.15, -0.1) is 0 Å². The van der Waals surface area contributed by atoms with E-state index in [0.717, 1.165) is 10.1 Å². The molecule has 3 aromatic rings. The molecule has 67 heavy (non-hydrogen) atoms. The summed E-state index contributed by atoms with van der Waals surface area (Å²) in [4.78, 5) is 81.9. The molecule has 0 fully saturated rings. The number of hydrogen-bond donors (Lipinski definition) is 3. The number of ether oxygens (including phenoxy) is 6. The lowest BCUT2D eigenvalue weighted by Gasteiger charge is -2.34. The molecule has 3 aliphatic carbocycles. The topological polar surface area (TPSA) is 206 Å². The van der Waals surface area contributed by atoms with Crippen LogP contribution in [0.1, 0.15) is 16.7 Å². The summed E-state index contributed by atoms with van der Waals surface area (Å²) >= 11 is 0. The number of alkyl carbamates (subject to hydrolysis) is 1. The molecule has 2 aromatic carbocycles. The number of nitrogens with zero attached hydrogens (tertiary/aromatic N) is 2. The zero-order valence-corrected chi connectivity index (χ0v) is 37.6. The number of benzene rings is 2. The van der Waals surface area contributed by atoms with Gasteiger partial charge in [-0.1, -0.05) is 115 Å². The molecule has 3 N–H and O–H groups in total. The van der Waals surface area contributed by atoms with Crippen molar-refractivity contribution in [2.75, 3.05) is 59.8 Å². The van der Waals surface area contributed by atoms with Crippen molar-refractivity contribution in [1.29, 1.82) is 0 Å². The van der Waals surface area contributed by atoms with Crippen molar-refractivity contribution in [2.24, 2.45) is 17.8 Å². The number of esters is 1. The third-order valence-corrected chi connectivity index (χ3v) is 11.0. The van der Waals surface area contributed by atoms with E-state index in [1.807, 2.05) is 91.1 Å². The molecule has 1 aromatic heterocycles. The number of H-pyrrole nitrogens is 1. The van der Waals surface area contributed by atoms with Crippen LogP contribution in [0.5, 0.6) is 5.75 Å². The molecule has 1 atom stereocenters. The highest BCUT2D eigenvalue weighted by molar-refractivity contribution is 5.85. The summed E-state index contributed by atoms with van der Waals surface area (Å²) < 4.78 is 35.9. The zero-order valence-electron chi connectivity index (χ0n) is 37.6. The van der Waals surface area contributed by atoms with E-state index in [2.05, 4.69) is 15.6 Å². The van der Waals surface area contributed by atoms with Crippen molar-refractivity contribution in [3.8, 4) is 5.75 Å². The molecular formula is C50H57N5O12. The van der Waals surface area contributed by atoms with Gasteiger partial charge in [-0.25, -0.2) is 19.2 Å². The lowest BCUT2D eigenvalue weighted by molar-refractivity contribution is -0.153. The Bertz CT molecular complexity index is 2330. The molecule has 0 saturated heterocycles. The van der Waals surface area contributed by atoms with E-state index in [1.165, 1.54) is 25.1 Å². The van der Waals surface area contributed by atoms with Crippen molar-refractivity contribution in [1.82, 2.24) is 25.1 Å². The smallest absolute Gasteiger partial charge is 0.413 e. The molecule has 354 valence electrons. The molecule has 3 aliphatic rings. The number of amides is 3. The van der Waals surface area contributed by atoms with E-state index in [1.54, 1.807) is 36.4 Å². The van der Waals surface area contributed by atoms with E-state index in [-0.39, 0.29) is 75.0 Å². The minimum Gasteiger partial charge on any atom is -0.467 e. The Balaban J connectivity index is 1.15. The van der Waals surface area contributed by atoms with Crippen LogP contribution in [0.15, 0.2) is 143 Å². The minimum absolute atomic E-state index is 0.0112. The number of rotatable bonds is 25. The van der Waals surface area contributed by atoms with Gasteiger partial charge in [-0.2, -0.15) is 0 Å². The third kappa shape index (κ3) is 15.5. The van der Waals surface area contributed by atoms with Crippen LogP contribution in [0, 0.1) is 24.7 Å². The zero-order chi connectivity index (χ0) is 47.4. The lowest BCUT2D eigenvalue weighted by atomic mass is 10.0. The maximum absolute atomic E-state index is 14.0. The van der Waals surface area contributed by atoms with Gasteiger partial charge in [-0.05, 0) is 30.2 Å². The molecule has 0 saturated carbocycles. The minimum atomic E-state index is -1.24. The van der Waals surface area contributed by atoms with Gasteiger partial charge in [0.2, 0.25) is 5.91 Å². The Morgan fingerprint density at radius 1 is 0.746 bits per heavy atom. The van der Waals surface area contributed by atoms with Gasteiger partial charge in [0.05, 0.1) is 46.8 Å². The summed E-state index contributed by atoms with van der Waals surface area (Å²) in [7, 11) is 1.18. The first-order valence-electron chi connectivity index (χ1n) is 22.0. The number of carbonyl (C=O) groups is 4. The first-order valence-corrected chi connectivity index (χ1v) is 22.0. The Kier molecular flexibility index (Phi) is 18.4. The van der Waals surface area contributed by atoms with E-state index in [9.17, 15) is 28.8 Å². The average molecular weight is 920 g/mol. The van der Waals surface area contributed by atoms with Gasteiger partial charge in [0.15, 0.2) is 0 Å². The summed E-state index contributed by atoms with van der Waals surface area (Å²) in [5, 5.41) is 5.60. The van der Waals surface area contributed by atoms with Crippen molar-refractivity contribution >= 4 is 24.1 Å². The van der Waals surface area contributed by atoms with E-state index in [4.69, 9.17) is 28.4 Å². The molecule has 17 heteroatoms. The second kappa shape index (κ2) is 25.0. The van der Waals surface area contributed by atoms with Gasteiger partial charge in [0.25, 0.3) is 5.56 Å². The van der Waals surface area contributed by atoms with Crippen molar-refractivity contribution in [2.45, 2.75) is 38.1 Å². The molecule has 17 nitrogen and oxygen atoms in total. The first kappa shape index (κ1) is 49.4. The van der Waals surface area contributed by atoms with Crippen LogP contribution in [0.3, 0.4) is 0 Å². The van der Waals surface area contributed by atoms with Gasteiger partial charge in [0, 0.05) is 49.0 Å². The number of aromatic nitrogens is 2. The maximum Gasteiger partial charge on any atom is 0.413 e. The van der Waals surface area contributed by atoms with Crippen LogP contribution < -0.4 is 26.6 Å². The van der Waals surface area contributed by atoms with E-state index >= 15 is 0 Å². The van der Waals surface area contributed by atoms with Crippen LogP contribution in [0.25, 0.3) is 0 Å². The maximum atomic E-state index is 14.0. The van der Waals surface area contributed by atoms with E-state index in [0.29, 0.717) is 25.4 Å². The summed E-state index contributed by atoms with van der Waals surface area (Å²) in [5.74, 6) is -1.00. The van der Waals surface area contributed by atoms with Crippen LogP contribution in [-0.4, -0.2) is 110 Å². The van der Waals surface area contributed by atoms with Crippen molar-refractivity contribution in [3.05, 3.63) is 171 Å². The average Bonchev–Trinajstić information content (AvgIpc) is 4.15. The predicted molar refractivity (Wildman–Crippen MR) is 248 cm³/mol. The summed E-state index contributed by atoms with van der Waals surface area (Å²) in [6.45, 7) is 1.99. The summed E-state index contributed by atoms with van der Waals surface area (Å²) in [6.07, 6.45) is 23.6. The van der Waals surface area contributed by atoms with Gasteiger partial charge < -0.3 is 44.0 Å². The highest BCUT2D eigenvalue weighted by atomic mass is 16.6. The Morgan fingerprint density at radius 3 is 1.84 bits per heavy atom. The molecule has 0 bridgehead atoms. The number of carbonyl (C=O) groups excluding carboxylic acids is 4. The standard InChI is InChI=1S/C50H57N5O12/c1-36-27-54(47(59)52-45(36)57)28-44(56)55(25-24-51-48(60)66-32-41-12-4-3-5-13-41)43(46(58)62-2)26-37-20-22-42(23-21-37)67-49(61)53-50(33-63-29-38-14-6-7-15-38,34-64-30-39-16-8-9-17-39)35-65-31-40-18-10-11-19-40/h3-23,27,38-40,43H,24-26,28-35H2,1-2H3,(H,51,60)(H,53,61)(H,52,57,59)/t43-/m0/s1. The second-order valence-corrected chi connectivity index (χ2v) is 16.3. The highest BCUT2D eigenvalue weighted by Gasteiger charge is 2.36. The summed E-state index contributed by atoms with van der Waals surface area (Å²) in [6, 6.07) is 14.2. The number of nitrogens with one attached hydrogen (secondary N) is 3. The van der Waals surface area contributed by atoms with Gasteiger partial charge >= 0.3 is 23.8 Å². The van der Waals surface area contributed by atoms with Crippen LogP contribution >= 0.6 is 0 Å². The van der Waals surface area contributed by atoms with Crippen LogP contribution in [-0.2, 0) is 52.8 Å². The number of hydrogen-bond acceptors (Lipinski definition) is 12. The summed E-state index contributed by atoms with van der Waals surface area (Å²) in [5.41, 5.74) is -1.04. The largest absolute Gasteiger partial charge is 0.467 e. The highest BCUT2D eigenvalue weighted by Crippen LogP contribution is 2.20. The van der Waals surface area contributed by atoms with Crippen LogP contribution in [0.2, 0.25) is 0 Å². The Hall–Kier alpha value is -7.08. The molecule has 0 unspecified atom stereocenters. The van der Waals surface area contributed by atoms with Crippen molar-refractivity contribution < 1.29 is 47.6 Å². The van der Waals surface area contributed by atoms with Crippen molar-refractivity contribution in [3.63, 3.8) is 0 Å². The predicted octanol–water partition coefficient (Wildman–Crippen LogP) is 4.49. The molecule has 3 amide bonds. The number of methoxy groups -OCH3 is 1. The number of aromatic amines is 1. The second-order valence-electron chi connectivity index (χ2n) is 16.3. The number of aryl methyl sites for hydroxylation is 1. The molecule has 0 aliphatic heterocycles. The quantitative estimate of drug-likeness (QED) is 0.101. The Labute approximate surface area is 388 Å². The first-order chi connectivity index (χ1) is 32.5. The van der Waals surface area contributed by atoms with Gasteiger partial charge in [-0.3, -0.25) is 19.1 Å². The molecule has 6 rings (SSSR count). The fourth-order valence-corrected chi connectivity index (χ4v) is 7.37.